The topological polar surface area (TPSA) is 70.6 Å². The molecule has 1 fully saturated rings. The fourth-order valence-electron chi connectivity index (χ4n) is 3.24. The van der Waals surface area contributed by atoms with Gasteiger partial charge in [0.25, 0.3) is 0 Å². The molecule has 2 aromatic heterocycles. The normalized spacial score (nSPS) is 17.0. The van der Waals surface area contributed by atoms with Crippen molar-refractivity contribution in [1.82, 2.24) is 25.3 Å². The lowest BCUT2D eigenvalue weighted by Crippen LogP contribution is -2.43. The Balaban J connectivity index is 1.50. The maximum absolute atomic E-state index is 5.66. The number of hydrogen-bond acceptors (Lipinski definition) is 4. The summed E-state index contributed by atoms with van der Waals surface area (Å²) in [6.07, 6.45) is 8.17. The highest BCUT2D eigenvalue weighted by Gasteiger charge is 2.25. The zero-order valence-corrected chi connectivity index (χ0v) is 15.1. The quantitative estimate of drug-likeness (QED) is 0.592. The van der Waals surface area contributed by atoms with Crippen LogP contribution in [-0.4, -0.2) is 53.9 Å². The number of nitrogens with one attached hydrogen (secondary N) is 2. The molecule has 0 saturated carbocycles. The van der Waals surface area contributed by atoms with E-state index in [9.17, 15) is 0 Å². The summed E-state index contributed by atoms with van der Waals surface area (Å²) in [5.41, 5.74) is 1.18. The number of nitrogens with zero attached hydrogens (tertiary/aromatic N) is 4. The highest BCUT2D eigenvalue weighted by atomic mass is 16.3. The number of aryl methyl sites for hydroxylation is 1. The smallest absolute Gasteiger partial charge is 0.191 e. The van der Waals surface area contributed by atoms with Gasteiger partial charge < -0.3 is 15.1 Å². The zero-order valence-electron chi connectivity index (χ0n) is 15.1. The van der Waals surface area contributed by atoms with Crippen LogP contribution in [0.5, 0.6) is 0 Å². The van der Waals surface area contributed by atoms with Crippen molar-refractivity contribution < 1.29 is 4.42 Å². The Hall–Kier alpha value is -2.28. The van der Waals surface area contributed by atoms with Gasteiger partial charge in [-0.1, -0.05) is 0 Å². The monoisotopic (exact) mass is 344 g/mol. The molecule has 25 heavy (non-hydrogen) atoms. The summed E-state index contributed by atoms with van der Waals surface area (Å²) in [5.74, 6) is 1.82. The van der Waals surface area contributed by atoms with E-state index in [1.807, 2.05) is 30.1 Å². The molecule has 0 radical (unpaired) electrons. The molecule has 3 rings (SSSR count). The third-order valence-corrected chi connectivity index (χ3v) is 4.54. The molecule has 1 saturated heterocycles. The molecule has 2 aromatic rings. The molecule has 7 heteroatoms. The van der Waals surface area contributed by atoms with Crippen LogP contribution in [0.15, 0.2) is 40.2 Å². The van der Waals surface area contributed by atoms with E-state index in [0.29, 0.717) is 0 Å². The molecule has 136 valence electrons. The first-order chi connectivity index (χ1) is 12.3. The summed E-state index contributed by atoms with van der Waals surface area (Å²) in [5, 5.41) is 11.1. The van der Waals surface area contributed by atoms with E-state index in [0.717, 1.165) is 44.4 Å². The van der Waals surface area contributed by atoms with Gasteiger partial charge in [-0.25, -0.2) is 0 Å². The van der Waals surface area contributed by atoms with Crippen molar-refractivity contribution in [3.63, 3.8) is 0 Å². The second kappa shape index (κ2) is 8.71. The first-order valence-electron chi connectivity index (χ1n) is 8.97. The largest absolute Gasteiger partial charge is 0.468 e. The molecule has 1 atom stereocenters. The molecule has 1 aliphatic rings. The lowest BCUT2D eigenvalue weighted by molar-refractivity contribution is 0.215. The molecule has 2 N–H and O–H groups in total. The van der Waals surface area contributed by atoms with Gasteiger partial charge in [0.05, 0.1) is 25.0 Å². The van der Waals surface area contributed by atoms with Crippen LogP contribution >= 0.6 is 0 Å². The Morgan fingerprint density at radius 1 is 1.36 bits per heavy atom. The third kappa shape index (κ3) is 4.85. The number of furan rings is 1. The van der Waals surface area contributed by atoms with Crippen LogP contribution in [0.3, 0.4) is 0 Å². The Labute approximate surface area is 149 Å². The summed E-state index contributed by atoms with van der Waals surface area (Å²) >= 11 is 0. The Morgan fingerprint density at radius 2 is 2.20 bits per heavy atom. The molecule has 0 amide bonds. The van der Waals surface area contributed by atoms with Crippen molar-refractivity contribution >= 4 is 5.96 Å². The number of hydrogen-bond donors (Lipinski definition) is 2. The second-order valence-corrected chi connectivity index (χ2v) is 6.43. The summed E-state index contributed by atoms with van der Waals surface area (Å²) in [7, 11) is 1.80. The maximum Gasteiger partial charge on any atom is 0.191 e. The molecule has 1 unspecified atom stereocenters. The van der Waals surface area contributed by atoms with Gasteiger partial charge in [-0.05, 0) is 50.6 Å². The van der Waals surface area contributed by atoms with E-state index in [1.165, 1.54) is 18.4 Å². The SMILES string of the molecule is CN=C(NCCn1cc(C)cn1)NCC(c1ccco1)N1CCCC1. The molecule has 7 nitrogen and oxygen atoms in total. The Kier molecular flexibility index (Phi) is 6.11. The van der Waals surface area contributed by atoms with Crippen LogP contribution in [0.2, 0.25) is 0 Å². The van der Waals surface area contributed by atoms with Gasteiger partial charge in [0.2, 0.25) is 0 Å². The van der Waals surface area contributed by atoms with Gasteiger partial charge in [-0.2, -0.15) is 5.10 Å². The van der Waals surface area contributed by atoms with Crippen LogP contribution < -0.4 is 10.6 Å². The van der Waals surface area contributed by atoms with Crippen molar-refractivity contribution in [2.24, 2.45) is 4.99 Å². The van der Waals surface area contributed by atoms with E-state index < -0.39 is 0 Å². The van der Waals surface area contributed by atoms with E-state index in [4.69, 9.17) is 4.42 Å². The van der Waals surface area contributed by atoms with E-state index >= 15 is 0 Å². The van der Waals surface area contributed by atoms with Crippen molar-refractivity contribution in [2.75, 3.05) is 33.2 Å². The fourth-order valence-corrected chi connectivity index (χ4v) is 3.24. The van der Waals surface area contributed by atoms with Gasteiger partial charge in [0, 0.05) is 26.3 Å². The first kappa shape index (κ1) is 17.5. The lowest BCUT2D eigenvalue weighted by atomic mass is 10.2. The molecule has 0 aliphatic carbocycles. The summed E-state index contributed by atoms with van der Waals surface area (Å²) in [4.78, 5) is 6.80. The molecular weight excluding hydrogens is 316 g/mol. The van der Waals surface area contributed by atoms with E-state index in [1.54, 1.807) is 13.3 Å². The fraction of sp³-hybridized carbons (Fsp3) is 0.556. The van der Waals surface area contributed by atoms with Gasteiger partial charge in [0.1, 0.15) is 5.76 Å². The second-order valence-electron chi connectivity index (χ2n) is 6.43. The molecule has 0 aromatic carbocycles. The van der Waals surface area contributed by atoms with Crippen LogP contribution in [0, 0.1) is 6.92 Å². The van der Waals surface area contributed by atoms with Crippen LogP contribution in [0.1, 0.15) is 30.2 Å². The van der Waals surface area contributed by atoms with E-state index in [2.05, 4.69) is 31.7 Å². The Morgan fingerprint density at radius 3 is 2.84 bits per heavy atom. The minimum absolute atomic E-state index is 0.241. The minimum Gasteiger partial charge on any atom is -0.468 e. The van der Waals surface area contributed by atoms with Crippen molar-refractivity contribution in [3.8, 4) is 0 Å². The van der Waals surface area contributed by atoms with Gasteiger partial charge in [-0.15, -0.1) is 0 Å². The predicted octanol–water partition coefficient (Wildman–Crippen LogP) is 1.79. The molecule has 0 spiro atoms. The summed E-state index contributed by atoms with van der Waals surface area (Å²) in [6, 6.07) is 4.25. The molecule has 3 heterocycles. The van der Waals surface area contributed by atoms with Crippen molar-refractivity contribution in [2.45, 2.75) is 32.4 Å². The lowest BCUT2D eigenvalue weighted by Gasteiger charge is -2.26. The predicted molar refractivity (Wildman–Crippen MR) is 98.6 cm³/mol. The average molecular weight is 344 g/mol. The number of aliphatic imine (C=N–C) groups is 1. The third-order valence-electron chi connectivity index (χ3n) is 4.54. The zero-order chi connectivity index (χ0) is 17.5. The first-order valence-corrected chi connectivity index (χ1v) is 8.97. The standard InChI is InChI=1S/C18H28N6O/c1-15-12-22-24(14-15)10-7-20-18(19-2)21-13-16(17-6-5-11-25-17)23-8-3-4-9-23/h5-6,11-12,14,16H,3-4,7-10,13H2,1-2H3,(H2,19,20,21). The number of aromatic nitrogens is 2. The molecule has 1 aliphatic heterocycles. The summed E-state index contributed by atoms with van der Waals surface area (Å²) < 4.78 is 7.60. The minimum atomic E-state index is 0.241. The number of guanidine groups is 1. The van der Waals surface area contributed by atoms with Gasteiger partial charge in [-0.3, -0.25) is 14.6 Å². The molecule has 0 bridgehead atoms. The van der Waals surface area contributed by atoms with Crippen LogP contribution in [0.4, 0.5) is 0 Å². The van der Waals surface area contributed by atoms with Gasteiger partial charge in [0.15, 0.2) is 5.96 Å². The summed E-state index contributed by atoms with van der Waals surface area (Å²) in [6.45, 7) is 6.65. The average Bonchev–Trinajstić information content (AvgIpc) is 3.37. The van der Waals surface area contributed by atoms with Gasteiger partial charge >= 0.3 is 0 Å². The highest BCUT2D eigenvalue weighted by Crippen LogP contribution is 2.24. The Bertz CT molecular complexity index is 657. The maximum atomic E-state index is 5.66. The number of likely N-dealkylation sites (tertiary alicyclic amines) is 1. The van der Waals surface area contributed by atoms with Crippen LogP contribution in [0.25, 0.3) is 0 Å². The van der Waals surface area contributed by atoms with Crippen molar-refractivity contribution in [3.05, 3.63) is 42.1 Å². The number of rotatable bonds is 7. The van der Waals surface area contributed by atoms with Crippen molar-refractivity contribution in [1.29, 1.82) is 0 Å². The van der Waals surface area contributed by atoms with E-state index in [-0.39, 0.29) is 6.04 Å². The molecular formula is C18H28N6O. The highest BCUT2D eigenvalue weighted by molar-refractivity contribution is 5.79. The van der Waals surface area contributed by atoms with Crippen LogP contribution in [-0.2, 0) is 6.54 Å².